The molecule has 0 aromatic rings. The Morgan fingerprint density at radius 2 is 2.32 bits per heavy atom. The van der Waals surface area contributed by atoms with E-state index < -0.39 is 0 Å². The van der Waals surface area contributed by atoms with Gasteiger partial charge in [-0.1, -0.05) is 0 Å². The summed E-state index contributed by atoms with van der Waals surface area (Å²) >= 11 is 0. The predicted molar refractivity (Wildman–Crippen MR) is 66.3 cm³/mol. The SMILES string of the molecule is CO[C@@H]1OC[C@]23C[C@H]1O[C@H]2CC[C@H](C[C@@H](C)C#N)O3. The number of rotatable bonds is 3. The van der Waals surface area contributed by atoms with Crippen LogP contribution in [-0.2, 0) is 18.9 Å². The molecule has 3 heterocycles. The Morgan fingerprint density at radius 1 is 1.47 bits per heavy atom. The molecule has 3 aliphatic heterocycles. The standard InChI is InChI=1S/C14H21NO4/c1-9(7-15)5-10-3-4-12-14(19-10)6-11(18-12)13(16-2)17-8-14/h9-13H,3-6,8H2,1-2H3/t9-,10-,11-,12+,13-,14-/m1/s1. The predicted octanol–water partition coefficient (Wildman–Crippen LogP) is 1.61. The number of fused-ring (bicyclic) bond motifs is 1. The van der Waals surface area contributed by atoms with Crippen molar-refractivity contribution in [2.75, 3.05) is 13.7 Å². The van der Waals surface area contributed by atoms with Gasteiger partial charge in [0.1, 0.15) is 11.7 Å². The van der Waals surface area contributed by atoms with E-state index in [-0.39, 0.29) is 36.1 Å². The van der Waals surface area contributed by atoms with Gasteiger partial charge in [0.2, 0.25) is 0 Å². The van der Waals surface area contributed by atoms with Crippen molar-refractivity contribution in [2.45, 2.75) is 62.8 Å². The highest BCUT2D eigenvalue weighted by Crippen LogP contribution is 2.46. The molecule has 106 valence electrons. The number of ether oxygens (including phenoxy) is 4. The molecule has 0 saturated carbocycles. The molecule has 2 bridgehead atoms. The third kappa shape index (κ3) is 2.27. The lowest BCUT2D eigenvalue weighted by molar-refractivity contribution is -0.231. The lowest BCUT2D eigenvalue weighted by Crippen LogP contribution is -2.54. The van der Waals surface area contributed by atoms with Crippen molar-refractivity contribution in [1.82, 2.24) is 0 Å². The van der Waals surface area contributed by atoms with Crippen LogP contribution in [0.5, 0.6) is 0 Å². The van der Waals surface area contributed by atoms with Crippen LogP contribution < -0.4 is 0 Å². The quantitative estimate of drug-likeness (QED) is 0.777. The van der Waals surface area contributed by atoms with E-state index in [1.165, 1.54) is 0 Å². The molecule has 19 heavy (non-hydrogen) atoms. The molecule has 0 aliphatic carbocycles. The fourth-order valence-corrected chi connectivity index (χ4v) is 3.55. The van der Waals surface area contributed by atoms with Crippen molar-refractivity contribution in [2.24, 2.45) is 5.92 Å². The molecule has 6 atom stereocenters. The summed E-state index contributed by atoms with van der Waals surface area (Å²) in [5.41, 5.74) is -0.308. The Hall–Kier alpha value is -0.670. The van der Waals surface area contributed by atoms with E-state index in [9.17, 15) is 0 Å². The number of methoxy groups -OCH3 is 1. The summed E-state index contributed by atoms with van der Waals surface area (Å²) in [6, 6.07) is 2.28. The Bertz CT molecular complexity index is 382. The van der Waals surface area contributed by atoms with E-state index in [1.807, 2.05) is 6.92 Å². The van der Waals surface area contributed by atoms with Crippen molar-refractivity contribution < 1.29 is 18.9 Å². The molecule has 3 fully saturated rings. The van der Waals surface area contributed by atoms with Gasteiger partial charge in [0.05, 0.1) is 24.9 Å². The molecule has 3 aliphatic rings. The van der Waals surface area contributed by atoms with Gasteiger partial charge in [-0.15, -0.1) is 0 Å². The third-order valence-corrected chi connectivity index (χ3v) is 4.49. The summed E-state index contributed by atoms with van der Waals surface area (Å²) in [5.74, 6) is 0.0345. The molecule has 1 spiro atoms. The van der Waals surface area contributed by atoms with Crippen LogP contribution in [0.25, 0.3) is 0 Å². The highest BCUT2D eigenvalue weighted by Gasteiger charge is 2.58. The maximum absolute atomic E-state index is 8.92. The van der Waals surface area contributed by atoms with E-state index in [1.54, 1.807) is 7.11 Å². The minimum atomic E-state index is -0.308. The summed E-state index contributed by atoms with van der Waals surface area (Å²) in [4.78, 5) is 0. The summed E-state index contributed by atoms with van der Waals surface area (Å²) < 4.78 is 23.3. The van der Waals surface area contributed by atoms with Crippen molar-refractivity contribution in [1.29, 1.82) is 5.26 Å². The van der Waals surface area contributed by atoms with Crippen LogP contribution in [0.4, 0.5) is 0 Å². The van der Waals surface area contributed by atoms with Crippen LogP contribution in [0.3, 0.4) is 0 Å². The first kappa shape index (κ1) is 13.3. The topological polar surface area (TPSA) is 60.7 Å². The molecular weight excluding hydrogens is 246 g/mol. The first-order valence-corrected chi connectivity index (χ1v) is 7.04. The molecule has 0 aromatic carbocycles. The molecule has 0 aromatic heterocycles. The zero-order valence-corrected chi connectivity index (χ0v) is 11.5. The monoisotopic (exact) mass is 267 g/mol. The Labute approximate surface area is 113 Å². The summed E-state index contributed by atoms with van der Waals surface area (Å²) in [7, 11) is 1.65. The number of nitrogens with zero attached hydrogens (tertiary/aromatic N) is 1. The zero-order chi connectivity index (χ0) is 13.5. The van der Waals surface area contributed by atoms with Gasteiger partial charge in [0, 0.05) is 19.4 Å². The van der Waals surface area contributed by atoms with Crippen LogP contribution in [0.15, 0.2) is 0 Å². The number of hydrogen-bond acceptors (Lipinski definition) is 5. The van der Waals surface area contributed by atoms with Gasteiger partial charge in [-0.25, -0.2) is 0 Å². The summed E-state index contributed by atoms with van der Waals surface area (Å²) in [6.07, 6.45) is 3.56. The van der Waals surface area contributed by atoms with Gasteiger partial charge in [0.15, 0.2) is 6.29 Å². The minimum absolute atomic E-state index is 0.0177. The molecular formula is C14H21NO4. The Balaban J connectivity index is 1.68. The minimum Gasteiger partial charge on any atom is -0.366 e. The average molecular weight is 267 g/mol. The largest absolute Gasteiger partial charge is 0.366 e. The normalized spacial score (nSPS) is 46.4. The third-order valence-electron chi connectivity index (χ3n) is 4.49. The molecule has 5 nitrogen and oxygen atoms in total. The average Bonchev–Trinajstić information content (AvgIpc) is 2.71. The summed E-state index contributed by atoms with van der Waals surface area (Å²) in [6.45, 7) is 2.48. The number of hydrogen-bond donors (Lipinski definition) is 0. The molecule has 5 heteroatoms. The van der Waals surface area contributed by atoms with E-state index >= 15 is 0 Å². The van der Waals surface area contributed by atoms with Gasteiger partial charge in [0.25, 0.3) is 0 Å². The van der Waals surface area contributed by atoms with Crippen LogP contribution in [0.2, 0.25) is 0 Å². The van der Waals surface area contributed by atoms with Crippen molar-refractivity contribution >= 4 is 0 Å². The van der Waals surface area contributed by atoms with Crippen molar-refractivity contribution in [3.63, 3.8) is 0 Å². The lowest BCUT2D eigenvalue weighted by atomic mass is 9.84. The van der Waals surface area contributed by atoms with Crippen LogP contribution in [-0.4, -0.2) is 43.9 Å². The molecule has 0 unspecified atom stereocenters. The van der Waals surface area contributed by atoms with Crippen molar-refractivity contribution in [3.05, 3.63) is 0 Å². The van der Waals surface area contributed by atoms with Gasteiger partial charge in [-0.05, 0) is 26.2 Å². The summed E-state index contributed by atoms with van der Waals surface area (Å²) in [5, 5.41) is 8.92. The molecule has 3 rings (SSSR count). The first-order valence-electron chi connectivity index (χ1n) is 7.04. The van der Waals surface area contributed by atoms with Crippen molar-refractivity contribution in [3.8, 4) is 6.07 Å². The highest BCUT2D eigenvalue weighted by atomic mass is 16.7. The van der Waals surface area contributed by atoms with Crippen LogP contribution in [0.1, 0.15) is 32.6 Å². The van der Waals surface area contributed by atoms with Gasteiger partial charge < -0.3 is 18.9 Å². The van der Waals surface area contributed by atoms with Gasteiger partial charge >= 0.3 is 0 Å². The van der Waals surface area contributed by atoms with Crippen LogP contribution in [0, 0.1) is 17.2 Å². The van der Waals surface area contributed by atoms with E-state index in [0.29, 0.717) is 6.61 Å². The van der Waals surface area contributed by atoms with Gasteiger partial charge in [-0.2, -0.15) is 5.26 Å². The number of nitriles is 1. The van der Waals surface area contributed by atoms with E-state index in [0.717, 1.165) is 25.7 Å². The Morgan fingerprint density at radius 3 is 3.05 bits per heavy atom. The fraction of sp³-hybridized carbons (Fsp3) is 0.929. The second-order valence-corrected chi connectivity index (χ2v) is 5.93. The maximum atomic E-state index is 8.92. The molecule has 3 saturated heterocycles. The highest BCUT2D eigenvalue weighted by molar-refractivity contribution is 5.05. The second kappa shape index (κ2) is 5.02. The van der Waals surface area contributed by atoms with E-state index in [4.69, 9.17) is 24.2 Å². The molecule has 0 radical (unpaired) electrons. The first-order chi connectivity index (χ1) is 9.16. The lowest BCUT2D eigenvalue weighted by Gasteiger charge is -2.43. The van der Waals surface area contributed by atoms with Crippen LogP contribution >= 0.6 is 0 Å². The zero-order valence-electron chi connectivity index (χ0n) is 11.5. The Kier molecular flexibility index (Phi) is 3.52. The smallest absolute Gasteiger partial charge is 0.183 e. The van der Waals surface area contributed by atoms with E-state index in [2.05, 4.69) is 6.07 Å². The molecule has 0 amide bonds. The second-order valence-electron chi connectivity index (χ2n) is 5.93. The van der Waals surface area contributed by atoms with Gasteiger partial charge in [-0.3, -0.25) is 0 Å². The maximum Gasteiger partial charge on any atom is 0.183 e. The fourth-order valence-electron chi connectivity index (χ4n) is 3.55. The molecule has 0 N–H and O–H groups in total.